The molecule has 4 heteroatoms. The first-order valence-electron chi connectivity index (χ1n) is 2.95. The van der Waals surface area contributed by atoms with Gasteiger partial charge in [-0.05, 0) is 6.42 Å². The fourth-order valence-corrected chi connectivity index (χ4v) is 2.26. The highest BCUT2D eigenvalue weighted by Crippen LogP contribution is 2.20. The second-order valence-corrected chi connectivity index (χ2v) is 4.20. The molecule has 0 amide bonds. The molecule has 0 unspecified atom stereocenters. The quantitative estimate of drug-likeness (QED) is 0.344. The summed E-state index contributed by atoms with van der Waals surface area (Å²) < 4.78 is 0. The summed E-state index contributed by atoms with van der Waals surface area (Å²) in [7, 11) is 3.54. The van der Waals surface area contributed by atoms with Gasteiger partial charge in [-0.25, -0.2) is 0 Å². The zero-order valence-electron chi connectivity index (χ0n) is 5.50. The van der Waals surface area contributed by atoms with E-state index in [-0.39, 0.29) is 0 Å². The Labute approximate surface area is 63.5 Å². The summed E-state index contributed by atoms with van der Waals surface area (Å²) in [6, 6.07) is 0. The molecule has 0 aromatic carbocycles. The van der Waals surface area contributed by atoms with Gasteiger partial charge in [-0.1, -0.05) is 33.7 Å². The molecule has 0 aliphatic carbocycles. The molecule has 0 spiro atoms. The molecule has 0 aromatic rings. The number of nitrogens with zero attached hydrogens (tertiary/aromatic N) is 1. The zero-order valence-corrected chi connectivity index (χ0v) is 7.13. The van der Waals surface area contributed by atoms with Crippen molar-refractivity contribution in [1.29, 1.82) is 0 Å². The number of hydrogen-bond donors (Lipinski definition) is 0. The number of nitroso groups, excluding NO2 is 1. The lowest BCUT2D eigenvalue weighted by Gasteiger charge is -1.92. The Bertz CT molecular complexity index is 70.0. The van der Waals surface area contributed by atoms with Gasteiger partial charge in [0.1, 0.15) is 0 Å². The summed E-state index contributed by atoms with van der Waals surface area (Å²) in [5.41, 5.74) is 0. The van der Waals surface area contributed by atoms with Crippen LogP contribution in [0.4, 0.5) is 0 Å². The number of hydrogen-bond acceptors (Lipinski definition) is 4. The molecule has 0 N–H and O–H groups in total. The van der Waals surface area contributed by atoms with E-state index in [4.69, 9.17) is 0 Å². The van der Waals surface area contributed by atoms with E-state index in [2.05, 4.69) is 12.1 Å². The lowest BCUT2D eigenvalue weighted by molar-refractivity contribution is 1.11. The maximum Gasteiger partial charge on any atom is 0.0909 e. The van der Waals surface area contributed by atoms with Gasteiger partial charge < -0.3 is 0 Å². The van der Waals surface area contributed by atoms with E-state index in [1.54, 1.807) is 10.8 Å². The molecule has 0 radical (unpaired) electrons. The van der Waals surface area contributed by atoms with Gasteiger partial charge in [0.25, 0.3) is 0 Å². The Morgan fingerprint density at radius 2 is 2.00 bits per heavy atom. The molecule has 0 bridgehead atoms. The van der Waals surface area contributed by atoms with Crippen LogP contribution in [0.3, 0.4) is 0 Å². The third-order valence-corrected chi connectivity index (χ3v) is 3.23. The largest absolute Gasteiger partial charge is 0.151 e. The number of rotatable bonds is 6. The summed E-state index contributed by atoms with van der Waals surface area (Å²) in [4.78, 5) is 9.56. The van der Waals surface area contributed by atoms with Gasteiger partial charge in [-0.3, -0.25) is 0 Å². The van der Waals surface area contributed by atoms with E-state index in [1.807, 2.05) is 10.8 Å². The van der Waals surface area contributed by atoms with Gasteiger partial charge >= 0.3 is 0 Å². The van der Waals surface area contributed by atoms with Crippen LogP contribution in [-0.2, 0) is 0 Å². The Balaban J connectivity index is 2.66. The van der Waals surface area contributed by atoms with E-state index in [9.17, 15) is 4.91 Å². The minimum atomic E-state index is 0.446. The molecular weight excluding hydrogens is 154 g/mol. The lowest BCUT2D eigenvalue weighted by Crippen LogP contribution is -1.79. The third-order valence-electron chi connectivity index (χ3n) is 0.637. The van der Waals surface area contributed by atoms with Gasteiger partial charge in [-0.2, -0.15) is 4.91 Å². The topological polar surface area (TPSA) is 29.4 Å². The van der Waals surface area contributed by atoms with Crippen molar-refractivity contribution in [3.05, 3.63) is 4.91 Å². The van der Waals surface area contributed by atoms with Gasteiger partial charge in [0.05, 0.1) is 6.54 Å². The molecule has 0 saturated heterocycles. The maximum atomic E-state index is 9.56. The molecule has 54 valence electrons. The van der Waals surface area contributed by atoms with Crippen LogP contribution < -0.4 is 0 Å². The second kappa shape index (κ2) is 8.30. The molecule has 2 nitrogen and oxygen atoms in total. The molecular formula is C5H11NOS2. The highest BCUT2D eigenvalue weighted by atomic mass is 33.1. The molecule has 0 atom stereocenters. The predicted molar refractivity (Wildman–Crippen MR) is 45.9 cm³/mol. The lowest BCUT2D eigenvalue weighted by atomic mass is 10.6. The molecule has 9 heavy (non-hydrogen) atoms. The normalized spacial score (nSPS) is 9.44. The molecule has 0 saturated carbocycles. The van der Waals surface area contributed by atoms with Crippen molar-refractivity contribution in [2.24, 2.45) is 5.18 Å². The summed E-state index contributed by atoms with van der Waals surface area (Å²) in [6.07, 6.45) is 1.20. The predicted octanol–water partition coefficient (Wildman–Crippen LogP) is 2.54. The first kappa shape index (κ1) is 9.30. The minimum absolute atomic E-state index is 0.446. The van der Waals surface area contributed by atoms with Crippen molar-refractivity contribution in [2.45, 2.75) is 13.3 Å². The van der Waals surface area contributed by atoms with Crippen molar-refractivity contribution >= 4 is 21.6 Å². The van der Waals surface area contributed by atoms with Crippen molar-refractivity contribution in [1.82, 2.24) is 0 Å². The molecule has 0 aliphatic heterocycles. The zero-order chi connectivity index (χ0) is 6.95. The molecule has 0 heterocycles. The average Bonchev–Trinajstić information content (AvgIpc) is 1.89. The van der Waals surface area contributed by atoms with E-state index in [1.165, 1.54) is 12.2 Å². The third kappa shape index (κ3) is 8.30. The van der Waals surface area contributed by atoms with Crippen molar-refractivity contribution in [2.75, 3.05) is 18.1 Å². The fourth-order valence-electron chi connectivity index (χ4n) is 0.276. The van der Waals surface area contributed by atoms with Crippen LogP contribution >= 0.6 is 21.6 Å². The van der Waals surface area contributed by atoms with Crippen LogP contribution in [-0.4, -0.2) is 18.1 Å². The standard InChI is InChI=1S/C5H11NOS2/c1-2-4-8-9-5-3-6-7/h2-5H2,1H3. The highest BCUT2D eigenvalue weighted by molar-refractivity contribution is 8.76. The van der Waals surface area contributed by atoms with Gasteiger partial charge in [0.15, 0.2) is 0 Å². The average molecular weight is 165 g/mol. The summed E-state index contributed by atoms with van der Waals surface area (Å²) in [6.45, 7) is 2.59. The van der Waals surface area contributed by atoms with E-state index in [0.717, 1.165) is 5.75 Å². The molecule has 0 aliphatic rings. The highest BCUT2D eigenvalue weighted by Gasteiger charge is 1.86. The van der Waals surface area contributed by atoms with E-state index >= 15 is 0 Å². The van der Waals surface area contributed by atoms with Crippen LogP contribution in [0.5, 0.6) is 0 Å². The van der Waals surface area contributed by atoms with Gasteiger partial charge in [-0.15, -0.1) is 0 Å². The first-order valence-corrected chi connectivity index (χ1v) is 5.44. The van der Waals surface area contributed by atoms with Crippen LogP contribution in [0.15, 0.2) is 5.18 Å². The van der Waals surface area contributed by atoms with Gasteiger partial charge in [0.2, 0.25) is 0 Å². The van der Waals surface area contributed by atoms with Crippen LogP contribution in [0.1, 0.15) is 13.3 Å². The van der Waals surface area contributed by atoms with E-state index in [0.29, 0.717) is 6.54 Å². The maximum absolute atomic E-state index is 9.56. The molecule has 0 fully saturated rings. The Kier molecular flexibility index (Phi) is 8.58. The second-order valence-electron chi connectivity index (χ2n) is 1.50. The monoisotopic (exact) mass is 165 g/mol. The van der Waals surface area contributed by atoms with E-state index < -0.39 is 0 Å². The summed E-state index contributed by atoms with van der Waals surface area (Å²) in [5, 5.41) is 2.75. The van der Waals surface area contributed by atoms with Crippen molar-refractivity contribution in [3.63, 3.8) is 0 Å². The molecule has 0 aromatic heterocycles. The Hall–Kier alpha value is 0.300. The van der Waals surface area contributed by atoms with Gasteiger partial charge in [0, 0.05) is 11.5 Å². The first-order chi connectivity index (χ1) is 4.41. The van der Waals surface area contributed by atoms with Crippen molar-refractivity contribution < 1.29 is 0 Å². The fraction of sp³-hybridized carbons (Fsp3) is 1.00. The van der Waals surface area contributed by atoms with Crippen LogP contribution in [0, 0.1) is 4.91 Å². The Morgan fingerprint density at radius 1 is 1.33 bits per heavy atom. The minimum Gasteiger partial charge on any atom is -0.151 e. The molecule has 0 rings (SSSR count). The SMILES string of the molecule is CCCSSCCN=O. The van der Waals surface area contributed by atoms with Crippen LogP contribution in [0.2, 0.25) is 0 Å². The smallest absolute Gasteiger partial charge is 0.0909 e. The summed E-state index contributed by atoms with van der Waals surface area (Å²) in [5.74, 6) is 2.03. The Morgan fingerprint density at radius 3 is 2.56 bits per heavy atom. The van der Waals surface area contributed by atoms with Crippen LogP contribution in [0.25, 0.3) is 0 Å². The van der Waals surface area contributed by atoms with Crippen molar-refractivity contribution in [3.8, 4) is 0 Å². The summed E-state index contributed by atoms with van der Waals surface area (Å²) >= 11 is 0.